The molecule has 0 saturated carbocycles. The second-order valence-electron chi connectivity index (χ2n) is 5.51. The quantitative estimate of drug-likeness (QED) is 0.774. The normalized spacial score (nSPS) is 16.3. The third kappa shape index (κ3) is 2.36. The number of rotatable bonds is 3. The molecule has 1 atom stereocenters. The van der Waals surface area contributed by atoms with Crippen LogP contribution in [0.5, 0.6) is 0 Å². The summed E-state index contributed by atoms with van der Waals surface area (Å²) < 4.78 is 0. The molecule has 0 saturated heterocycles. The molecule has 0 aromatic heterocycles. The number of carbonyl (C=O) groups is 1. The first-order chi connectivity index (χ1) is 11.3. The van der Waals surface area contributed by atoms with Gasteiger partial charge in [0.1, 0.15) is 6.17 Å². The summed E-state index contributed by atoms with van der Waals surface area (Å²) >= 11 is 0. The molecule has 112 valence electrons. The highest BCUT2D eigenvalue weighted by molar-refractivity contribution is 6.11. The van der Waals surface area contributed by atoms with Gasteiger partial charge in [0.25, 0.3) is 5.91 Å². The molecule has 3 heteroatoms. The number of hydrogen-bond donors (Lipinski definition) is 1. The predicted molar refractivity (Wildman–Crippen MR) is 92.5 cm³/mol. The standard InChI is InChI=1S/C20H16N2O/c23-20-18-14-8-7-13-17(18)19(21-15-9-3-1-4-10-15)22(20)16-11-5-2-6-12-16/h1-14,19,21H. The number of fused-ring (bicyclic) bond motifs is 1. The molecule has 1 unspecified atom stereocenters. The van der Waals surface area contributed by atoms with Crippen LogP contribution in [0.4, 0.5) is 11.4 Å². The zero-order valence-electron chi connectivity index (χ0n) is 12.5. The summed E-state index contributed by atoms with van der Waals surface area (Å²) in [7, 11) is 0. The minimum absolute atomic E-state index is 0.0280. The maximum absolute atomic E-state index is 12.9. The Morgan fingerprint density at radius 1 is 0.739 bits per heavy atom. The highest BCUT2D eigenvalue weighted by Crippen LogP contribution is 2.37. The van der Waals surface area contributed by atoms with Crippen molar-refractivity contribution in [2.45, 2.75) is 6.17 Å². The molecule has 1 aliphatic heterocycles. The van der Waals surface area contributed by atoms with Gasteiger partial charge in [-0.15, -0.1) is 0 Å². The molecule has 0 bridgehead atoms. The van der Waals surface area contributed by atoms with Crippen LogP contribution in [-0.4, -0.2) is 5.91 Å². The topological polar surface area (TPSA) is 32.3 Å². The lowest BCUT2D eigenvalue weighted by molar-refractivity contribution is 0.0993. The molecule has 1 aliphatic rings. The number of anilines is 2. The Labute approximate surface area is 135 Å². The van der Waals surface area contributed by atoms with Gasteiger partial charge in [-0.25, -0.2) is 0 Å². The second kappa shape index (κ2) is 5.61. The van der Waals surface area contributed by atoms with E-state index in [1.807, 2.05) is 89.8 Å². The summed E-state index contributed by atoms with van der Waals surface area (Å²) in [6.07, 6.45) is -0.205. The molecule has 0 aliphatic carbocycles. The van der Waals surface area contributed by atoms with Crippen molar-refractivity contribution in [1.82, 2.24) is 0 Å². The predicted octanol–water partition coefficient (Wildman–Crippen LogP) is 4.46. The Hall–Kier alpha value is -3.07. The molecule has 1 amide bonds. The van der Waals surface area contributed by atoms with E-state index in [2.05, 4.69) is 5.32 Å². The van der Waals surface area contributed by atoms with Crippen molar-refractivity contribution in [1.29, 1.82) is 0 Å². The van der Waals surface area contributed by atoms with Crippen molar-refractivity contribution < 1.29 is 4.79 Å². The minimum Gasteiger partial charge on any atom is -0.361 e. The third-order valence-electron chi connectivity index (χ3n) is 4.07. The molecule has 23 heavy (non-hydrogen) atoms. The molecule has 3 aromatic carbocycles. The van der Waals surface area contributed by atoms with E-state index in [1.54, 1.807) is 0 Å². The Morgan fingerprint density at radius 3 is 2.09 bits per heavy atom. The van der Waals surface area contributed by atoms with Crippen molar-refractivity contribution in [2.75, 3.05) is 10.2 Å². The van der Waals surface area contributed by atoms with Gasteiger partial charge in [0.15, 0.2) is 0 Å². The fourth-order valence-corrected chi connectivity index (χ4v) is 3.01. The van der Waals surface area contributed by atoms with Gasteiger partial charge in [0, 0.05) is 22.5 Å². The third-order valence-corrected chi connectivity index (χ3v) is 4.07. The van der Waals surface area contributed by atoms with E-state index in [1.165, 1.54) is 0 Å². The first kappa shape index (κ1) is 13.6. The van der Waals surface area contributed by atoms with Crippen LogP contribution in [0.25, 0.3) is 0 Å². The molecule has 3 aromatic rings. The molecular formula is C20H16N2O. The van der Waals surface area contributed by atoms with Crippen LogP contribution in [0.3, 0.4) is 0 Å². The van der Waals surface area contributed by atoms with Crippen LogP contribution in [-0.2, 0) is 0 Å². The first-order valence-electron chi connectivity index (χ1n) is 7.64. The van der Waals surface area contributed by atoms with Gasteiger partial charge in [-0.2, -0.15) is 0 Å². The van der Waals surface area contributed by atoms with Gasteiger partial charge < -0.3 is 5.32 Å². The maximum atomic E-state index is 12.9. The van der Waals surface area contributed by atoms with Crippen LogP contribution >= 0.6 is 0 Å². The van der Waals surface area contributed by atoms with Gasteiger partial charge in [-0.05, 0) is 30.3 Å². The van der Waals surface area contributed by atoms with E-state index in [9.17, 15) is 4.79 Å². The highest BCUT2D eigenvalue weighted by atomic mass is 16.2. The minimum atomic E-state index is -0.205. The van der Waals surface area contributed by atoms with Crippen molar-refractivity contribution in [3.8, 4) is 0 Å². The molecular weight excluding hydrogens is 284 g/mol. The van der Waals surface area contributed by atoms with Crippen LogP contribution in [0.2, 0.25) is 0 Å². The summed E-state index contributed by atoms with van der Waals surface area (Å²) in [5.74, 6) is 0.0280. The van der Waals surface area contributed by atoms with Crippen LogP contribution < -0.4 is 10.2 Å². The number of nitrogens with one attached hydrogen (secondary N) is 1. The highest BCUT2D eigenvalue weighted by Gasteiger charge is 2.37. The lowest BCUT2D eigenvalue weighted by Gasteiger charge is -2.27. The van der Waals surface area contributed by atoms with Gasteiger partial charge >= 0.3 is 0 Å². The number of nitrogens with zero attached hydrogens (tertiary/aromatic N) is 1. The summed E-state index contributed by atoms with van der Waals surface area (Å²) in [5, 5.41) is 3.48. The smallest absolute Gasteiger partial charge is 0.260 e. The number of hydrogen-bond acceptors (Lipinski definition) is 2. The number of benzene rings is 3. The SMILES string of the molecule is O=C1c2ccccc2C(Nc2ccccc2)N1c1ccccc1. The Bertz CT molecular complexity index is 831. The fourth-order valence-electron chi connectivity index (χ4n) is 3.01. The Balaban J connectivity index is 1.79. The Morgan fingerprint density at radius 2 is 1.35 bits per heavy atom. The molecule has 4 rings (SSSR count). The molecule has 3 nitrogen and oxygen atoms in total. The lowest BCUT2D eigenvalue weighted by Crippen LogP contribution is -2.32. The zero-order valence-corrected chi connectivity index (χ0v) is 12.5. The van der Waals surface area contributed by atoms with Crippen molar-refractivity contribution in [3.05, 3.63) is 96.1 Å². The summed E-state index contributed by atoms with van der Waals surface area (Å²) in [5.41, 5.74) is 3.64. The largest absolute Gasteiger partial charge is 0.361 e. The van der Waals surface area contributed by atoms with E-state index < -0.39 is 0 Å². The summed E-state index contributed by atoms with van der Waals surface area (Å²) in [6.45, 7) is 0. The van der Waals surface area contributed by atoms with Crippen LogP contribution in [0.1, 0.15) is 22.1 Å². The van der Waals surface area contributed by atoms with Crippen LogP contribution in [0, 0.1) is 0 Å². The van der Waals surface area contributed by atoms with Crippen molar-refractivity contribution in [2.24, 2.45) is 0 Å². The monoisotopic (exact) mass is 300 g/mol. The maximum Gasteiger partial charge on any atom is 0.260 e. The van der Waals surface area contributed by atoms with Gasteiger partial charge in [-0.3, -0.25) is 9.69 Å². The molecule has 0 radical (unpaired) electrons. The van der Waals surface area contributed by atoms with Crippen LogP contribution in [0.15, 0.2) is 84.9 Å². The Kier molecular flexibility index (Phi) is 3.31. The van der Waals surface area contributed by atoms with Gasteiger partial charge in [0.05, 0.1) is 0 Å². The molecule has 1 N–H and O–H groups in total. The summed E-state index contributed by atoms with van der Waals surface area (Å²) in [4.78, 5) is 14.7. The van der Waals surface area contributed by atoms with Crippen molar-refractivity contribution in [3.63, 3.8) is 0 Å². The zero-order chi connectivity index (χ0) is 15.6. The number of carbonyl (C=O) groups excluding carboxylic acids is 1. The number of para-hydroxylation sites is 2. The number of amides is 1. The molecule has 1 heterocycles. The van der Waals surface area contributed by atoms with Gasteiger partial charge in [0.2, 0.25) is 0 Å². The van der Waals surface area contributed by atoms with E-state index >= 15 is 0 Å². The average Bonchev–Trinajstić information content (AvgIpc) is 2.89. The lowest BCUT2D eigenvalue weighted by atomic mass is 10.1. The van der Waals surface area contributed by atoms with Crippen molar-refractivity contribution >= 4 is 17.3 Å². The van der Waals surface area contributed by atoms with E-state index in [4.69, 9.17) is 0 Å². The van der Waals surface area contributed by atoms with E-state index in [0.717, 1.165) is 22.5 Å². The second-order valence-corrected chi connectivity index (χ2v) is 5.51. The van der Waals surface area contributed by atoms with Gasteiger partial charge in [-0.1, -0.05) is 54.6 Å². The first-order valence-corrected chi connectivity index (χ1v) is 7.64. The summed E-state index contributed by atoms with van der Waals surface area (Å²) in [6, 6.07) is 27.5. The average molecular weight is 300 g/mol. The van der Waals surface area contributed by atoms with E-state index in [-0.39, 0.29) is 12.1 Å². The molecule has 0 spiro atoms. The fraction of sp³-hybridized carbons (Fsp3) is 0.0500. The molecule has 0 fully saturated rings. The van der Waals surface area contributed by atoms with E-state index in [0.29, 0.717) is 0 Å².